The first-order valence-corrected chi connectivity index (χ1v) is 13.5. The Hall–Kier alpha value is -0.580. The van der Waals surface area contributed by atoms with Crippen LogP contribution in [0.5, 0.6) is 0 Å². The molecule has 0 aromatic rings. The van der Waals surface area contributed by atoms with Crippen LogP contribution >= 0.6 is 0 Å². The topological polar surface area (TPSA) is 60.4 Å². The molecule has 0 saturated carbocycles. The maximum Gasteiger partial charge on any atom is 0.322 e. The van der Waals surface area contributed by atoms with Gasteiger partial charge >= 0.3 is 16.1 Å². The van der Waals surface area contributed by atoms with Crippen molar-refractivity contribution in [2.24, 2.45) is 0 Å². The van der Waals surface area contributed by atoms with Gasteiger partial charge in [0.2, 0.25) is 0 Å². The summed E-state index contributed by atoms with van der Waals surface area (Å²) in [6.07, 6.45) is 21.6. The Morgan fingerprint density at radius 2 is 0.929 bits per heavy atom. The van der Waals surface area contributed by atoms with Crippen molar-refractivity contribution in [1.82, 2.24) is 0 Å². The van der Waals surface area contributed by atoms with Gasteiger partial charge in [-0.05, 0) is 12.8 Å². The maximum absolute atomic E-state index is 11.6. The first-order valence-electron chi connectivity index (χ1n) is 12.0. The average Bonchev–Trinajstić information content (AvgIpc) is 2.64. The van der Waals surface area contributed by atoms with E-state index in [4.69, 9.17) is 0 Å². The van der Waals surface area contributed by atoms with Crippen LogP contribution in [0.2, 0.25) is 0 Å². The summed E-state index contributed by atoms with van der Waals surface area (Å²) < 4.78 is 27.9. The first kappa shape index (κ1) is 27.4. The standard InChI is InChI=1S/C23H46O4S/c1-3-5-7-8-9-10-11-12-13-14-15-16-17-18-19-21-23(24)27-28(25,26)22-20-6-4-2/h3-22H2,1-2H3. The van der Waals surface area contributed by atoms with E-state index in [1.165, 1.54) is 77.0 Å². The fraction of sp³-hybridized carbons (Fsp3) is 0.957. The molecule has 4 nitrogen and oxygen atoms in total. The van der Waals surface area contributed by atoms with E-state index in [2.05, 4.69) is 11.1 Å². The predicted octanol–water partition coefficient (Wildman–Crippen LogP) is 7.31. The fourth-order valence-corrected chi connectivity index (χ4v) is 4.40. The molecule has 5 heteroatoms. The summed E-state index contributed by atoms with van der Waals surface area (Å²) in [5.41, 5.74) is 0. The van der Waals surface area contributed by atoms with E-state index in [1.54, 1.807) is 0 Å². The van der Waals surface area contributed by atoms with Crippen molar-refractivity contribution in [1.29, 1.82) is 0 Å². The number of rotatable bonds is 21. The molecule has 0 saturated heterocycles. The second-order valence-electron chi connectivity index (χ2n) is 8.12. The molecule has 0 rings (SSSR count). The number of carbonyl (C=O) groups excluding carboxylic acids is 1. The largest absolute Gasteiger partial charge is 0.346 e. The molecule has 0 atom stereocenters. The number of hydrogen-bond acceptors (Lipinski definition) is 4. The van der Waals surface area contributed by atoms with Crippen molar-refractivity contribution in [2.45, 2.75) is 136 Å². The number of carbonyl (C=O) groups is 1. The van der Waals surface area contributed by atoms with Gasteiger partial charge in [0, 0.05) is 6.42 Å². The van der Waals surface area contributed by atoms with Gasteiger partial charge in [-0.25, -0.2) is 0 Å². The third-order valence-corrected chi connectivity index (χ3v) is 6.43. The molecule has 0 aromatic carbocycles. The van der Waals surface area contributed by atoms with Crippen molar-refractivity contribution in [3.05, 3.63) is 0 Å². The molecule has 0 aliphatic carbocycles. The lowest BCUT2D eigenvalue weighted by molar-refractivity contribution is -0.133. The zero-order valence-corrected chi connectivity index (χ0v) is 19.5. The highest BCUT2D eigenvalue weighted by atomic mass is 32.2. The zero-order chi connectivity index (χ0) is 20.9. The number of unbranched alkanes of at least 4 members (excludes halogenated alkanes) is 16. The predicted molar refractivity (Wildman–Crippen MR) is 119 cm³/mol. The lowest BCUT2D eigenvalue weighted by Gasteiger charge is -2.05. The summed E-state index contributed by atoms with van der Waals surface area (Å²) in [5, 5.41) is 0. The normalized spacial score (nSPS) is 11.6. The first-order chi connectivity index (χ1) is 13.5. The van der Waals surface area contributed by atoms with Crippen LogP contribution < -0.4 is 0 Å². The van der Waals surface area contributed by atoms with Crippen molar-refractivity contribution < 1.29 is 17.4 Å². The van der Waals surface area contributed by atoms with Gasteiger partial charge in [0.25, 0.3) is 0 Å². The molecule has 0 aliphatic heterocycles. The minimum atomic E-state index is -3.67. The van der Waals surface area contributed by atoms with E-state index in [-0.39, 0.29) is 12.2 Å². The van der Waals surface area contributed by atoms with Crippen molar-refractivity contribution >= 4 is 16.1 Å². The Morgan fingerprint density at radius 3 is 1.36 bits per heavy atom. The maximum atomic E-state index is 11.6. The van der Waals surface area contributed by atoms with E-state index in [1.807, 2.05) is 6.92 Å². The Morgan fingerprint density at radius 1 is 0.571 bits per heavy atom. The van der Waals surface area contributed by atoms with E-state index >= 15 is 0 Å². The smallest absolute Gasteiger partial charge is 0.322 e. The lowest BCUT2D eigenvalue weighted by atomic mass is 10.0. The van der Waals surface area contributed by atoms with Crippen LogP contribution in [-0.2, 0) is 19.1 Å². The Bertz CT molecular complexity index is 446. The molecule has 0 fully saturated rings. The molecule has 0 aliphatic rings. The van der Waals surface area contributed by atoms with Crippen LogP contribution in [0.4, 0.5) is 0 Å². The van der Waals surface area contributed by atoms with Crippen molar-refractivity contribution in [3.8, 4) is 0 Å². The van der Waals surface area contributed by atoms with E-state index in [0.717, 1.165) is 32.1 Å². The van der Waals surface area contributed by atoms with E-state index in [9.17, 15) is 13.2 Å². The summed E-state index contributed by atoms with van der Waals surface area (Å²) in [6.45, 7) is 4.27. The minimum Gasteiger partial charge on any atom is -0.346 e. The van der Waals surface area contributed by atoms with Crippen LogP contribution in [-0.4, -0.2) is 20.1 Å². The second kappa shape index (κ2) is 19.7. The van der Waals surface area contributed by atoms with Crippen LogP contribution in [0.25, 0.3) is 0 Å². The van der Waals surface area contributed by atoms with Crippen LogP contribution in [0.1, 0.15) is 136 Å². The molecule has 0 N–H and O–H groups in total. The van der Waals surface area contributed by atoms with Crippen LogP contribution in [0, 0.1) is 0 Å². The zero-order valence-electron chi connectivity index (χ0n) is 18.7. The highest BCUT2D eigenvalue weighted by Crippen LogP contribution is 2.14. The summed E-state index contributed by atoms with van der Waals surface area (Å²) in [4.78, 5) is 11.6. The highest BCUT2D eigenvalue weighted by Gasteiger charge is 2.16. The molecule has 0 aromatic heterocycles. The third kappa shape index (κ3) is 20.2. The molecule has 0 heterocycles. The average molecular weight is 419 g/mol. The molecule has 28 heavy (non-hydrogen) atoms. The summed E-state index contributed by atoms with van der Waals surface area (Å²) >= 11 is 0. The summed E-state index contributed by atoms with van der Waals surface area (Å²) in [7, 11) is -3.67. The van der Waals surface area contributed by atoms with Gasteiger partial charge in [-0.15, -0.1) is 0 Å². The Balaban J connectivity index is 3.35. The highest BCUT2D eigenvalue weighted by molar-refractivity contribution is 7.87. The second-order valence-corrected chi connectivity index (χ2v) is 9.81. The molecule has 0 unspecified atom stereocenters. The van der Waals surface area contributed by atoms with Gasteiger partial charge in [-0.1, -0.05) is 117 Å². The molecular formula is C23H46O4S. The van der Waals surface area contributed by atoms with E-state index in [0.29, 0.717) is 6.42 Å². The molecule has 0 radical (unpaired) electrons. The lowest BCUT2D eigenvalue weighted by Crippen LogP contribution is -2.16. The summed E-state index contributed by atoms with van der Waals surface area (Å²) in [6, 6.07) is 0. The summed E-state index contributed by atoms with van der Waals surface area (Å²) in [5.74, 6) is -0.642. The Kier molecular flexibility index (Phi) is 19.3. The SMILES string of the molecule is CCCCCCCCCCCCCCCCCC(=O)OS(=O)(=O)CCCCC. The molecule has 0 amide bonds. The monoisotopic (exact) mass is 418 g/mol. The van der Waals surface area contributed by atoms with Crippen LogP contribution in [0.15, 0.2) is 0 Å². The minimum absolute atomic E-state index is 0.0502. The van der Waals surface area contributed by atoms with Gasteiger partial charge < -0.3 is 4.18 Å². The van der Waals surface area contributed by atoms with Crippen molar-refractivity contribution in [2.75, 3.05) is 5.75 Å². The van der Waals surface area contributed by atoms with E-state index < -0.39 is 16.1 Å². The molecule has 0 bridgehead atoms. The fourth-order valence-electron chi connectivity index (χ4n) is 3.39. The van der Waals surface area contributed by atoms with Gasteiger partial charge in [-0.3, -0.25) is 4.79 Å². The number of hydrogen-bond donors (Lipinski definition) is 0. The van der Waals surface area contributed by atoms with Crippen molar-refractivity contribution in [3.63, 3.8) is 0 Å². The quantitative estimate of drug-likeness (QED) is 0.145. The van der Waals surface area contributed by atoms with Gasteiger partial charge in [0.15, 0.2) is 0 Å². The molecule has 0 spiro atoms. The van der Waals surface area contributed by atoms with Gasteiger partial charge in [0.1, 0.15) is 0 Å². The molecule has 168 valence electrons. The molecular weight excluding hydrogens is 372 g/mol. The van der Waals surface area contributed by atoms with Gasteiger partial charge in [0.05, 0.1) is 5.75 Å². The third-order valence-electron chi connectivity index (χ3n) is 5.20. The Labute approximate surface area is 175 Å². The van der Waals surface area contributed by atoms with Crippen LogP contribution in [0.3, 0.4) is 0 Å². The van der Waals surface area contributed by atoms with Gasteiger partial charge in [-0.2, -0.15) is 8.42 Å².